The van der Waals surface area contributed by atoms with Crippen molar-refractivity contribution < 1.29 is 14.4 Å². The van der Waals surface area contributed by atoms with Crippen LogP contribution in [0.15, 0.2) is 48.7 Å². The molecule has 0 radical (unpaired) electrons. The Balaban J connectivity index is 1.83. The average molecular weight is 465 g/mol. The van der Waals surface area contributed by atoms with E-state index in [0.29, 0.717) is 5.82 Å². The fourth-order valence-corrected chi connectivity index (χ4v) is 4.46. The molecule has 0 aliphatic heterocycles. The Morgan fingerprint density at radius 2 is 1.71 bits per heavy atom. The van der Waals surface area contributed by atoms with Crippen LogP contribution < -0.4 is 10.6 Å². The van der Waals surface area contributed by atoms with Crippen LogP contribution in [0.4, 0.5) is 5.82 Å². The van der Waals surface area contributed by atoms with Crippen molar-refractivity contribution >= 4 is 23.5 Å². The Labute approximate surface area is 202 Å². The van der Waals surface area contributed by atoms with E-state index < -0.39 is 6.04 Å². The third-order valence-electron chi connectivity index (χ3n) is 6.10. The number of rotatable bonds is 9. The van der Waals surface area contributed by atoms with Crippen LogP contribution in [0.5, 0.6) is 0 Å². The molecule has 1 aliphatic carbocycles. The molecule has 1 atom stereocenters. The van der Waals surface area contributed by atoms with Crippen LogP contribution in [0.25, 0.3) is 0 Å². The predicted molar refractivity (Wildman–Crippen MR) is 133 cm³/mol. The van der Waals surface area contributed by atoms with Crippen LogP contribution in [0.1, 0.15) is 76.0 Å². The van der Waals surface area contributed by atoms with E-state index in [9.17, 15) is 14.4 Å². The number of benzene rings is 1. The average Bonchev–Trinajstić information content (AvgIpc) is 2.82. The first-order valence-corrected chi connectivity index (χ1v) is 12.2. The summed E-state index contributed by atoms with van der Waals surface area (Å²) in [7, 11) is 0. The van der Waals surface area contributed by atoms with E-state index in [4.69, 9.17) is 0 Å². The Morgan fingerprint density at radius 1 is 1.00 bits per heavy atom. The normalized spacial score (nSPS) is 14.9. The van der Waals surface area contributed by atoms with Crippen LogP contribution in [-0.4, -0.2) is 39.7 Å². The van der Waals surface area contributed by atoms with Crippen molar-refractivity contribution in [1.82, 2.24) is 15.2 Å². The predicted octanol–water partition coefficient (Wildman–Crippen LogP) is 4.54. The van der Waals surface area contributed by atoms with Gasteiger partial charge in [-0.15, -0.1) is 0 Å². The highest BCUT2D eigenvalue weighted by molar-refractivity contribution is 5.94. The highest BCUT2D eigenvalue weighted by Gasteiger charge is 2.37. The van der Waals surface area contributed by atoms with Gasteiger partial charge in [-0.25, -0.2) is 4.98 Å². The molecule has 2 N–H and O–H groups in total. The molecule has 0 bridgehead atoms. The van der Waals surface area contributed by atoms with Gasteiger partial charge in [0.25, 0.3) is 0 Å². The molecule has 182 valence electrons. The molecule has 0 spiro atoms. The van der Waals surface area contributed by atoms with Crippen LogP contribution in [0.3, 0.4) is 0 Å². The number of nitrogens with one attached hydrogen (secondary N) is 2. The van der Waals surface area contributed by atoms with Gasteiger partial charge in [0.1, 0.15) is 11.9 Å². The molecule has 1 aromatic carbocycles. The number of pyridine rings is 1. The first-order chi connectivity index (χ1) is 16.3. The third kappa shape index (κ3) is 7.14. The summed E-state index contributed by atoms with van der Waals surface area (Å²) < 4.78 is 0. The summed E-state index contributed by atoms with van der Waals surface area (Å²) in [6.07, 6.45) is 6.59. The lowest BCUT2D eigenvalue weighted by molar-refractivity contribution is -0.145. The number of carbonyl (C=O) groups excluding carboxylic acids is 3. The number of carbonyl (C=O) groups is 3. The van der Waals surface area contributed by atoms with Crippen LogP contribution in [-0.2, 0) is 14.4 Å². The minimum Gasteiger partial charge on any atom is -0.352 e. The lowest BCUT2D eigenvalue weighted by atomic mass is 9.90. The van der Waals surface area contributed by atoms with Crippen molar-refractivity contribution in [3.8, 4) is 0 Å². The molecule has 7 heteroatoms. The highest BCUT2D eigenvalue weighted by atomic mass is 16.2. The van der Waals surface area contributed by atoms with Crippen LogP contribution in [0.2, 0.25) is 0 Å². The zero-order valence-electron chi connectivity index (χ0n) is 20.4. The van der Waals surface area contributed by atoms with Crippen LogP contribution >= 0.6 is 0 Å². The topological polar surface area (TPSA) is 91.4 Å². The van der Waals surface area contributed by atoms with Gasteiger partial charge in [0, 0.05) is 31.1 Å². The summed E-state index contributed by atoms with van der Waals surface area (Å²) in [4.78, 5) is 45.4. The molecule has 34 heavy (non-hydrogen) atoms. The second kappa shape index (κ2) is 12.3. The van der Waals surface area contributed by atoms with Gasteiger partial charge in [0.15, 0.2) is 0 Å². The van der Waals surface area contributed by atoms with E-state index >= 15 is 0 Å². The van der Waals surface area contributed by atoms with E-state index in [1.54, 1.807) is 29.3 Å². The molecule has 1 saturated carbocycles. The molecular formula is C27H36N4O3. The second-order valence-corrected chi connectivity index (χ2v) is 9.33. The van der Waals surface area contributed by atoms with Gasteiger partial charge in [-0.3, -0.25) is 14.4 Å². The quantitative estimate of drug-likeness (QED) is 0.570. The van der Waals surface area contributed by atoms with Crippen molar-refractivity contribution in [3.63, 3.8) is 0 Å². The van der Waals surface area contributed by atoms with E-state index in [2.05, 4.69) is 15.6 Å². The molecule has 3 rings (SSSR count). The molecule has 1 fully saturated rings. The smallest absolute Gasteiger partial charge is 0.247 e. The standard InChI is InChI=1S/C27H36N4O3/c1-19(2)29-27(34)26(21-14-12-20(3)13-15-21)31(22-9-5-4-6-10-22)25(33)17-16-24(32)30-23-11-7-8-18-28-23/h7-8,11-15,18-19,22,26H,4-6,9-10,16-17H2,1-3H3,(H,29,34)(H,28,30,32)/t26-/m1/s1. The molecule has 1 heterocycles. The summed E-state index contributed by atoms with van der Waals surface area (Å²) >= 11 is 0. The molecular weight excluding hydrogens is 428 g/mol. The zero-order valence-corrected chi connectivity index (χ0v) is 20.4. The van der Waals surface area contributed by atoms with Crippen molar-refractivity contribution in [3.05, 3.63) is 59.8 Å². The molecule has 1 aliphatic rings. The number of nitrogens with zero attached hydrogens (tertiary/aromatic N) is 2. The SMILES string of the molecule is Cc1ccc([C@H](C(=O)NC(C)C)N(C(=O)CCC(=O)Nc2ccccn2)C2CCCCC2)cc1. The lowest BCUT2D eigenvalue weighted by Crippen LogP contribution is -2.50. The van der Waals surface area contributed by atoms with E-state index in [1.807, 2.05) is 45.0 Å². The Bertz CT molecular complexity index is 954. The van der Waals surface area contributed by atoms with Gasteiger partial charge in [0.2, 0.25) is 17.7 Å². The van der Waals surface area contributed by atoms with E-state index in [-0.39, 0.29) is 42.6 Å². The maximum absolute atomic E-state index is 13.6. The maximum Gasteiger partial charge on any atom is 0.247 e. The summed E-state index contributed by atoms with van der Waals surface area (Å²) in [6.45, 7) is 5.83. The maximum atomic E-state index is 13.6. The summed E-state index contributed by atoms with van der Waals surface area (Å²) in [5.74, 6) is -0.171. The Morgan fingerprint density at radius 3 is 2.32 bits per heavy atom. The number of aryl methyl sites for hydroxylation is 1. The molecule has 7 nitrogen and oxygen atoms in total. The van der Waals surface area contributed by atoms with Crippen molar-refractivity contribution in [2.45, 2.75) is 83.8 Å². The van der Waals surface area contributed by atoms with Gasteiger partial charge >= 0.3 is 0 Å². The molecule has 0 unspecified atom stereocenters. The lowest BCUT2D eigenvalue weighted by Gasteiger charge is -2.40. The fraction of sp³-hybridized carbons (Fsp3) is 0.481. The Kier molecular flexibility index (Phi) is 9.19. The van der Waals surface area contributed by atoms with Gasteiger partial charge in [0.05, 0.1) is 0 Å². The molecule has 2 aromatic rings. The Hall–Kier alpha value is -3.22. The van der Waals surface area contributed by atoms with Gasteiger partial charge < -0.3 is 15.5 Å². The number of aromatic nitrogens is 1. The van der Waals surface area contributed by atoms with E-state index in [1.165, 1.54) is 0 Å². The second-order valence-electron chi connectivity index (χ2n) is 9.33. The fourth-order valence-electron chi connectivity index (χ4n) is 4.46. The minimum atomic E-state index is -0.725. The molecule has 3 amide bonds. The summed E-state index contributed by atoms with van der Waals surface area (Å²) in [5.41, 5.74) is 1.88. The zero-order chi connectivity index (χ0) is 24.5. The van der Waals surface area contributed by atoms with Crippen molar-refractivity contribution in [2.75, 3.05) is 5.32 Å². The largest absolute Gasteiger partial charge is 0.352 e. The number of anilines is 1. The highest BCUT2D eigenvalue weighted by Crippen LogP contribution is 2.32. The first kappa shape index (κ1) is 25.4. The van der Waals surface area contributed by atoms with Crippen molar-refractivity contribution in [1.29, 1.82) is 0 Å². The third-order valence-corrected chi connectivity index (χ3v) is 6.10. The minimum absolute atomic E-state index is 0.0238. The molecule has 0 saturated heterocycles. The van der Waals surface area contributed by atoms with Crippen molar-refractivity contribution in [2.24, 2.45) is 0 Å². The number of hydrogen-bond acceptors (Lipinski definition) is 4. The molecule has 1 aromatic heterocycles. The number of amides is 3. The monoisotopic (exact) mass is 464 g/mol. The van der Waals surface area contributed by atoms with Crippen LogP contribution in [0, 0.1) is 6.92 Å². The van der Waals surface area contributed by atoms with Gasteiger partial charge in [-0.2, -0.15) is 0 Å². The first-order valence-electron chi connectivity index (χ1n) is 12.2. The van der Waals surface area contributed by atoms with E-state index in [0.717, 1.165) is 43.2 Å². The van der Waals surface area contributed by atoms with Gasteiger partial charge in [-0.1, -0.05) is 55.2 Å². The summed E-state index contributed by atoms with van der Waals surface area (Å²) in [6, 6.07) is 12.3. The van der Waals surface area contributed by atoms with Gasteiger partial charge in [-0.05, 0) is 51.3 Å². The summed E-state index contributed by atoms with van der Waals surface area (Å²) in [5, 5.41) is 5.74. The number of hydrogen-bond donors (Lipinski definition) is 2.